The average molecular weight is 363 g/mol. The average Bonchev–Trinajstić information content (AvgIpc) is 3.08. The van der Waals surface area contributed by atoms with Gasteiger partial charge in [-0.25, -0.2) is 0 Å². The molecule has 6 heteroatoms. The molecule has 0 aliphatic carbocycles. The predicted octanol–water partition coefficient (Wildman–Crippen LogP) is 2.68. The van der Waals surface area contributed by atoms with Gasteiger partial charge < -0.3 is 10.2 Å². The lowest BCUT2D eigenvalue weighted by atomic mass is 9.98. The van der Waals surface area contributed by atoms with Crippen LogP contribution in [0.15, 0.2) is 22.7 Å². The molecule has 0 spiro atoms. The zero-order valence-corrected chi connectivity index (χ0v) is 14.1. The minimum absolute atomic E-state index is 0.00986. The van der Waals surface area contributed by atoms with Gasteiger partial charge in [-0.2, -0.15) is 5.10 Å². The molecule has 2 atom stereocenters. The number of amides is 1. The van der Waals surface area contributed by atoms with Gasteiger partial charge in [0.25, 0.3) is 5.91 Å². The molecular weight excluding hydrogens is 344 g/mol. The summed E-state index contributed by atoms with van der Waals surface area (Å²) in [5, 5.41) is 11.7. The monoisotopic (exact) mass is 362 g/mol. The fourth-order valence-corrected chi connectivity index (χ4v) is 4.19. The van der Waals surface area contributed by atoms with Crippen LogP contribution in [0.5, 0.6) is 0 Å². The van der Waals surface area contributed by atoms with Gasteiger partial charge >= 0.3 is 0 Å². The van der Waals surface area contributed by atoms with Crippen LogP contribution in [-0.2, 0) is 0 Å². The summed E-state index contributed by atoms with van der Waals surface area (Å²) in [6.07, 6.45) is 4.57. The molecule has 4 rings (SSSR count). The number of piperidine rings is 1. The van der Waals surface area contributed by atoms with Crippen molar-refractivity contribution in [2.75, 3.05) is 7.05 Å². The molecule has 2 N–H and O–H groups in total. The van der Waals surface area contributed by atoms with Gasteiger partial charge in [0.1, 0.15) is 0 Å². The number of rotatable bonds is 2. The molecule has 0 saturated carbocycles. The maximum atomic E-state index is 12.9. The van der Waals surface area contributed by atoms with E-state index in [1.165, 1.54) is 12.8 Å². The number of nitrogens with zero attached hydrogens (tertiary/aromatic N) is 2. The van der Waals surface area contributed by atoms with Gasteiger partial charge in [-0.3, -0.25) is 9.89 Å². The van der Waals surface area contributed by atoms with Gasteiger partial charge in [-0.05, 0) is 43.9 Å². The summed E-state index contributed by atoms with van der Waals surface area (Å²) >= 11 is 3.46. The molecule has 2 fully saturated rings. The summed E-state index contributed by atoms with van der Waals surface area (Å²) in [5.74, 6) is 0.00986. The van der Waals surface area contributed by atoms with E-state index in [2.05, 4.69) is 31.4 Å². The molecule has 3 heterocycles. The highest BCUT2D eigenvalue weighted by atomic mass is 79.9. The summed E-state index contributed by atoms with van der Waals surface area (Å²) in [5.41, 5.74) is 1.41. The maximum absolute atomic E-state index is 12.9. The van der Waals surface area contributed by atoms with Gasteiger partial charge in [0, 0.05) is 35.0 Å². The van der Waals surface area contributed by atoms with E-state index in [0.717, 1.165) is 28.2 Å². The minimum atomic E-state index is 0.00986. The van der Waals surface area contributed by atoms with Gasteiger partial charge in [-0.1, -0.05) is 15.9 Å². The second kappa shape index (κ2) is 5.35. The smallest absolute Gasteiger partial charge is 0.274 e. The zero-order valence-electron chi connectivity index (χ0n) is 12.5. The van der Waals surface area contributed by atoms with Crippen molar-refractivity contribution in [1.82, 2.24) is 20.4 Å². The number of H-pyrrole nitrogens is 1. The molecule has 1 aromatic carbocycles. The molecule has 22 heavy (non-hydrogen) atoms. The number of fused-ring (bicyclic) bond motifs is 3. The highest BCUT2D eigenvalue weighted by Crippen LogP contribution is 2.30. The first-order valence-corrected chi connectivity index (χ1v) is 8.58. The number of benzene rings is 1. The van der Waals surface area contributed by atoms with Crippen molar-refractivity contribution < 1.29 is 4.79 Å². The molecular formula is C16H19BrN4O. The normalized spacial score (nSPS) is 27.3. The Morgan fingerprint density at radius 1 is 1.32 bits per heavy atom. The highest BCUT2D eigenvalue weighted by molar-refractivity contribution is 9.10. The third kappa shape index (κ3) is 2.34. The third-order valence-electron chi connectivity index (χ3n) is 5.04. The number of carbonyl (C=O) groups excluding carboxylic acids is 1. The fourth-order valence-electron chi connectivity index (χ4n) is 3.83. The van der Waals surface area contributed by atoms with Crippen molar-refractivity contribution in [3.63, 3.8) is 0 Å². The number of carbonyl (C=O) groups is 1. The topological polar surface area (TPSA) is 61.0 Å². The van der Waals surface area contributed by atoms with Gasteiger partial charge in [-0.15, -0.1) is 0 Å². The van der Waals surface area contributed by atoms with Crippen molar-refractivity contribution >= 4 is 32.7 Å². The lowest BCUT2D eigenvalue weighted by Gasteiger charge is -2.35. The molecule has 2 aliphatic rings. The van der Waals surface area contributed by atoms with Crippen molar-refractivity contribution in [1.29, 1.82) is 0 Å². The second-order valence-electron chi connectivity index (χ2n) is 6.44. The Labute approximate surface area is 137 Å². The van der Waals surface area contributed by atoms with Crippen LogP contribution in [0.4, 0.5) is 0 Å². The summed E-state index contributed by atoms with van der Waals surface area (Å²) < 4.78 is 0.956. The van der Waals surface area contributed by atoms with E-state index in [9.17, 15) is 4.79 Å². The second-order valence-corrected chi connectivity index (χ2v) is 7.36. The van der Waals surface area contributed by atoms with Crippen molar-refractivity contribution in [3.8, 4) is 0 Å². The van der Waals surface area contributed by atoms with Crippen LogP contribution in [0, 0.1) is 0 Å². The lowest BCUT2D eigenvalue weighted by molar-refractivity contribution is 0.0677. The van der Waals surface area contributed by atoms with Crippen molar-refractivity contribution in [3.05, 3.63) is 28.4 Å². The van der Waals surface area contributed by atoms with Crippen LogP contribution in [0.2, 0.25) is 0 Å². The number of hydrogen-bond donors (Lipinski definition) is 2. The zero-order chi connectivity index (χ0) is 15.3. The standard InChI is InChI=1S/C16H19BrN4O/c1-21(12-7-10-3-4-11(8-12)18-10)16(22)15-13-6-9(17)2-5-14(13)19-20-15/h2,5-6,10-12,18H,3-4,7-8H2,1H3,(H,19,20). The quantitative estimate of drug-likeness (QED) is 0.863. The Morgan fingerprint density at radius 2 is 2.05 bits per heavy atom. The largest absolute Gasteiger partial charge is 0.337 e. The molecule has 2 aromatic rings. The van der Waals surface area contributed by atoms with E-state index in [-0.39, 0.29) is 5.91 Å². The molecule has 2 bridgehead atoms. The van der Waals surface area contributed by atoms with E-state index in [1.807, 2.05) is 30.1 Å². The van der Waals surface area contributed by atoms with Crippen LogP contribution in [0.25, 0.3) is 10.9 Å². The lowest BCUT2D eigenvalue weighted by Crippen LogP contribution is -2.48. The maximum Gasteiger partial charge on any atom is 0.274 e. The minimum Gasteiger partial charge on any atom is -0.337 e. The van der Waals surface area contributed by atoms with Crippen LogP contribution in [0.3, 0.4) is 0 Å². The Balaban J connectivity index is 1.61. The van der Waals surface area contributed by atoms with Gasteiger partial charge in [0.2, 0.25) is 0 Å². The third-order valence-corrected chi connectivity index (χ3v) is 5.54. The first-order valence-electron chi connectivity index (χ1n) is 7.78. The van der Waals surface area contributed by atoms with E-state index in [1.54, 1.807) is 0 Å². The first-order chi connectivity index (χ1) is 10.6. The van der Waals surface area contributed by atoms with Crippen molar-refractivity contribution in [2.24, 2.45) is 0 Å². The van der Waals surface area contributed by atoms with Crippen molar-refractivity contribution in [2.45, 2.75) is 43.8 Å². The molecule has 2 saturated heterocycles. The van der Waals surface area contributed by atoms with Crippen LogP contribution in [0.1, 0.15) is 36.2 Å². The van der Waals surface area contributed by atoms with Crippen LogP contribution >= 0.6 is 15.9 Å². The Hall–Kier alpha value is -1.40. The van der Waals surface area contributed by atoms with E-state index in [0.29, 0.717) is 23.8 Å². The van der Waals surface area contributed by atoms with Crippen LogP contribution < -0.4 is 5.32 Å². The summed E-state index contributed by atoms with van der Waals surface area (Å²) in [6.45, 7) is 0. The Morgan fingerprint density at radius 3 is 2.77 bits per heavy atom. The van der Waals surface area contributed by atoms with E-state index >= 15 is 0 Å². The molecule has 0 radical (unpaired) electrons. The highest BCUT2D eigenvalue weighted by Gasteiger charge is 2.37. The molecule has 2 unspecified atom stereocenters. The molecule has 5 nitrogen and oxygen atoms in total. The number of nitrogens with one attached hydrogen (secondary N) is 2. The SMILES string of the molecule is CN(C(=O)c1n[nH]c2ccc(Br)cc12)C1CC2CCC(C1)N2. The van der Waals surface area contributed by atoms with Crippen LogP contribution in [-0.4, -0.2) is 46.2 Å². The fraction of sp³-hybridized carbons (Fsp3) is 0.500. The summed E-state index contributed by atoms with van der Waals surface area (Å²) in [4.78, 5) is 14.8. The number of halogens is 1. The number of aromatic nitrogens is 2. The number of aromatic amines is 1. The number of hydrogen-bond acceptors (Lipinski definition) is 3. The van der Waals surface area contributed by atoms with Gasteiger partial charge in [0.15, 0.2) is 5.69 Å². The van der Waals surface area contributed by atoms with E-state index in [4.69, 9.17) is 0 Å². The predicted molar refractivity (Wildman–Crippen MR) is 88.9 cm³/mol. The Bertz CT molecular complexity index is 716. The molecule has 2 aliphatic heterocycles. The molecule has 1 amide bonds. The Kier molecular flexibility index (Phi) is 3.46. The molecule has 116 valence electrons. The van der Waals surface area contributed by atoms with Gasteiger partial charge in [0.05, 0.1) is 5.52 Å². The summed E-state index contributed by atoms with van der Waals surface area (Å²) in [6, 6.07) is 7.29. The first kappa shape index (κ1) is 14.2. The van der Waals surface area contributed by atoms with E-state index < -0.39 is 0 Å². The summed E-state index contributed by atoms with van der Waals surface area (Å²) in [7, 11) is 1.91. The molecule has 1 aromatic heterocycles.